The summed E-state index contributed by atoms with van der Waals surface area (Å²) in [4.78, 5) is 25.3. The van der Waals surface area contributed by atoms with Crippen LogP contribution in [-0.2, 0) is 9.59 Å². The number of hydrogen-bond donors (Lipinski definition) is 2. The Labute approximate surface area is 153 Å². The number of hydrogen-bond acceptors (Lipinski definition) is 6. The molecule has 2 aromatic rings. The molecular formula is C17H16N4O2S2. The molecular weight excluding hydrogens is 356 g/mol. The fourth-order valence-corrected chi connectivity index (χ4v) is 3.74. The number of benzene rings is 1. The van der Waals surface area contributed by atoms with Crippen LogP contribution in [0.1, 0.15) is 18.2 Å². The number of amides is 2. The van der Waals surface area contributed by atoms with Crippen molar-refractivity contribution in [1.82, 2.24) is 5.32 Å². The molecule has 0 saturated carbocycles. The third-order valence-electron chi connectivity index (χ3n) is 3.37. The van der Waals surface area contributed by atoms with E-state index in [1.807, 2.05) is 42.6 Å². The lowest BCUT2D eigenvalue weighted by atomic mass is 10.2. The second kappa shape index (κ2) is 8.09. The van der Waals surface area contributed by atoms with Crippen LogP contribution in [0.2, 0.25) is 0 Å². The van der Waals surface area contributed by atoms with Crippen molar-refractivity contribution in [3.63, 3.8) is 0 Å². The highest BCUT2D eigenvalue weighted by Crippen LogP contribution is 2.22. The van der Waals surface area contributed by atoms with Crippen LogP contribution in [0.5, 0.6) is 0 Å². The van der Waals surface area contributed by atoms with Gasteiger partial charge in [0.05, 0.1) is 10.6 Å². The van der Waals surface area contributed by atoms with Gasteiger partial charge < -0.3 is 10.6 Å². The third-order valence-corrected chi connectivity index (χ3v) is 5.42. The topological polar surface area (TPSA) is 82.9 Å². The normalized spacial score (nSPS) is 19.6. The molecule has 1 fully saturated rings. The first-order valence-corrected chi connectivity index (χ1v) is 9.36. The average Bonchev–Trinajstić information content (AvgIpc) is 3.15. The number of nitrogens with zero attached hydrogens (tertiary/aromatic N) is 2. The largest absolute Gasteiger partial charge is 0.325 e. The van der Waals surface area contributed by atoms with Gasteiger partial charge in [0.25, 0.3) is 0 Å². The second-order valence-corrected chi connectivity index (χ2v) is 7.42. The van der Waals surface area contributed by atoms with Crippen molar-refractivity contribution in [2.45, 2.75) is 18.6 Å². The van der Waals surface area contributed by atoms with Crippen LogP contribution in [0, 0.1) is 0 Å². The maximum atomic E-state index is 12.4. The van der Waals surface area contributed by atoms with Crippen molar-refractivity contribution in [2.75, 3.05) is 5.32 Å². The Morgan fingerprint density at radius 2 is 2.04 bits per heavy atom. The molecule has 0 bridgehead atoms. The fourth-order valence-electron chi connectivity index (χ4n) is 2.14. The standard InChI is InChI=1S/C17H16N4O2S2/c1-11(13-8-5-9-24-13)20-21-17-19-15(22)10-14(25-17)16(23)18-12-6-3-2-4-7-12/h2-9,14H,10H2,1H3,(H,18,23)(H,19,21,22)/b20-11-/t14-/m0/s1. The molecule has 0 aliphatic carbocycles. The lowest BCUT2D eigenvalue weighted by Gasteiger charge is -2.21. The summed E-state index contributed by atoms with van der Waals surface area (Å²) in [6.07, 6.45) is 0.107. The lowest BCUT2D eigenvalue weighted by molar-refractivity contribution is -0.123. The predicted octanol–water partition coefficient (Wildman–Crippen LogP) is 3.09. The minimum Gasteiger partial charge on any atom is -0.325 e. The molecule has 1 aliphatic rings. The summed E-state index contributed by atoms with van der Waals surface area (Å²) >= 11 is 2.77. The van der Waals surface area contributed by atoms with Gasteiger partial charge in [-0.3, -0.25) is 9.59 Å². The first-order valence-electron chi connectivity index (χ1n) is 7.60. The van der Waals surface area contributed by atoms with Crippen LogP contribution < -0.4 is 10.6 Å². The van der Waals surface area contributed by atoms with Gasteiger partial charge in [0.2, 0.25) is 11.8 Å². The molecule has 1 aliphatic heterocycles. The van der Waals surface area contributed by atoms with Crippen molar-refractivity contribution < 1.29 is 9.59 Å². The first kappa shape index (κ1) is 17.4. The molecule has 6 nitrogen and oxygen atoms in total. The number of amidine groups is 1. The number of nitrogens with one attached hydrogen (secondary N) is 2. The quantitative estimate of drug-likeness (QED) is 0.639. The molecule has 0 unspecified atom stereocenters. The van der Waals surface area contributed by atoms with Gasteiger partial charge in [0.15, 0.2) is 5.17 Å². The van der Waals surface area contributed by atoms with Gasteiger partial charge in [-0.05, 0) is 30.5 Å². The monoisotopic (exact) mass is 372 g/mol. The maximum Gasteiger partial charge on any atom is 0.238 e. The van der Waals surface area contributed by atoms with Crippen LogP contribution in [0.4, 0.5) is 5.69 Å². The number of thiophene rings is 1. The zero-order valence-electron chi connectivity index (χ0n) is 13.4. The molecule has 1 atom stereocenters. The molecule has 2 N–H and O–H groups in total. The summed E-state index contributed by atoms with van der Waals surface area (Å²) in [5.74, 6) is -0.465. The van der Waals surface area contributed by atoms with E-state index in [2.05, 4.69) is 20.8 Å². The van der Waals surface area contributed by atoms with Gasteiger partial charge in [-0.15, -0.1) is 16.4 Å². The van der Waals surface area contributed by atoms with Crippen LogP contribution in [0.15, 0.2) is 58.0 Å². The minimum absolute atomic E-state index is 0.107. The molecule has 3 rings (SSSR count). The van der Waals surface area contributed by atoms with E-state index in [9.17, 15) is 9.59 Å². The van der Waals surface area contributed by atoms with E-state index in [1.165, 1.54) is 11.8 Å². The highest BCUT2D eigenvalue weighted by Gasteiger charge is 2.30. The summed E-state index contributed by atoms with van der Waals surface area (Å²) in [7, 11) is 0. The Bertz CT molecular complexity index is 816. The summed E-state index contributed by atoms with van der Waals surface area (Å²) < 4.78 is 0. The zero-order chi connectivity index (χ0) is 17.6. The Balaban J connectivity index is 1.69. The lowest BCUT2D eigenvalue weighted by Crippen LogP contribution is -2.41. The summed E-state index contributed by atoms with van der Waals surface area (Å²) in [6, 6.07) is 13.0. The van der Waals surface area contributed by atoms with E-state index in [-0.39, 0.29) is 18.2 Å². The van der Waals surface area contributed by atoms with Crippen LogP contribution in [-0.4, -0.2) is 27.9 Å². The first-order chi connectivity index (χ1) is 12.1. The fraction of sp³-hybridized carbons (Fsp3) is 0.176. The van der Waals surface area contributed by atoms with Crippen molar-refractivity contribution >= 4 is 51.5 Å². The maximum absolute atomic E-state index is 12.4. The molecule has 1 aromatic carbocycles. The molecule has 0 radical (unpaired) electrons. The van der Waals surface area contributed by atoms with Crippen LogP contribution >= 0.6 is 23.1 Å². The zero-order valence-corrected chi connectivity index (χ0v) is 15.1. The number of carbonyl (C=O) groups excluding carboxylic acids is 2. The highest BCUT2D eigenvalue weighted by atomic mass is 32.2. The Hall–Kier alpha value is -2.45. The Morgan fingerprint density at radius 1 is 1.24 bits per heavy atom. The van der Waals surface area contributed by atoms with Crippen molar-refractivity contribution in [1.29, 1.82) is 0 Å². The van der Waals surface area contributed by atoms with Crippen LogP contribution in [0.3, 0.4) is 0 Å². The van der Waals surface area contributed by atoms with Gasteiger partial charge in [-0.25, -0.2) is 0 Å². The van der Waals surface area contributed by atoms with Crippen molar-refractivity contribution in [3.8, 4) is 0 Å². The SMILES string of the molecule is C/C(=N/N=C1/NC(=O)C[C@@H](C(=O)Nc2ccccc2)S1)c1cccs1. The van der Waals surface area contributed by atoms with E-state index >= 15 is 0 Å². The van der Waals surface area contributed by atoms with E-state index in [1.54, 1.807) is 23.5 Å². The minimum atomic E-state index is -0.537. The van der Waals surface area contributed by atoms with Gasteiger partial charge in [0.1, 0.15) is 5.25 Å². The van der Waals surface area contributed by atoms with Crippen LogP contribution in [0.25, 0.3) is 0 Å². The number of carbonyl (C=O) groups is 2. The van der Waals surface area contributed by atoms with E-state index in [0.717, 1.165) is 10.6 Å². The molecule has 8 heteroatoms. The molecule has 128 valence electrons. The van der Waals surface area contributed by atoms with Gasteiger partial charge in [-0.2, -0.15) is 5.10 Å². The van der Waals surface area contributed by atoms with E-state index < -0.39 is 5.25 Å². The number of anilines is 1. The number of para-hydroxylation sites is 1. The smallest absolute Gasteiger partial charge is 0.238 e. The second-order valence-electron chi connectivity index (χ2n) is 5.28. The van der Waals surface area contributed by atoms with Crippen molar-refractivity contribution in [3.05, 3.63) is 52.7 Å². The Morgan fingerprint density at radius 3 is 2.76 bits per heavy atom. The summed E-state index contributed by atoms with van der Waals surface area (Å²) in [6.45, 7) is 1.85. The predicted molar refractivity (Wildman–Crippen MR) is 103 cm³/mol. The highest BCUT2D eigenvalue weighted by molar-refractivity contribution is 8.15. The van der Waals surface area contributed by atoms with Crippen molar-refractivity contribution in [2.24, 2.45) is 10.2 Å². The number of rotatable bonds is 4. The van der Waals surface area contributed by atoms with Gasteiger partial charge in [-0.1, -0.05) is 36.0 Å². The molecule has 2 amide bonds. The van der Waals surface area contributed by atoms with E-state index in [4.69, 9.17) is 0 Å². The average molecular weight is 372 g/mol. The molecule has 1 aromatic heterocycles. The molecule has 2 heterocycles. The molecule has 25 heavy (non-hydrogen) atoms. The van der Waals surface area contributed by atoms with E-state index in [0.29, 0.717) is 10.9 Å². The van der Waals surface area contributed by atoms with Gasteiger partial charge in [0, 0.05) is 12.1 Å². The number of thioether (sulfide) groups is 1. The third kappa shape index (κ3) is 4.77. The molecule has 0 spiro atoms. The summed E-state index contributed by atoms with van der Waals surface area (Å²) in [5.41, 5.74) is 1.46. The summed E-state index contributed by atoms with van der Waals surface area (Å²) in [5, 5.41) is 15.5. The molecule has 1 saturated heterocycles. The Kier molecular flexibility index (Phi) is 5.62. The van der Waals surface area contributed by atoms with Gasteiger partial charge >= 0.3 is 0 Å².